The van der Waals surface area contributed by atoms with E-state index in [9.17, 15) is 4.79 Å². The number of nitrogens with zero attached hydrogens (tertiary/aromatic N) is 2. The van der Waals surface area contributed by atoms with Gasteiger partial charge in [0, 0.05) is 12.6 Å². The summed E-state index contributed by atoms with van der Waals surface area (Å²) in [6.45, 7) is 0. The minimum absolute atomic E-state index is 0.192. The lowest BCUT2D eigenvalue weighted by Crippen LogP contribution is -2.25. The van der Waals surface area contributed by atoms with Crippen molar-refractivity contribution in [1.82, 2.24) is 15.0 Å². The number of fused-ring (bicyclic) bond motifs is 1. The summed E-state index contributed by atoms with van der Waals surface area (Å²) in [5, 5.41) is 1.17. The summed E-state index contributed by atoms with van der Waals surface area (Å²) in [5.41, 5.74) is 2.23. The highest BCUT2D eigenvalue weighted by Crippen LogP contribution is 2.12. The molecule has 1 amide bonds. The van der Waals surface area contributed by atoms with Gasteiger partial charge in [0.05, 0.1) is 24.5 Å². The lowest BCUT2D eigenvalue weighted by molar-refractivity contribution is -0.0756. The number of hydroxylamine groups is 2. The van der Waals surface area contributed by atoms with Gasteiger partial charge >= 0.3 is 0 Å². The largest absolute Gasteiger partial charge is 0.345 e. The molecule has 0 aliphatic heterocycles. The van der Waals surface area contributed by atoms with Crippen molar-refractivity contribution in [3.63, 3.8) is 0 Å². The molecule has 0 radical (unpaired) electrons. The molecule has 0 saturated heterocycles. The van der Waals surface area contributed by atoms with E-state index >= 15 is 0 Å². The second kappa shape index (κ2) is 3.70. The van der Waals surface area contributed by atoms with Crippen LogP contribution in [0.2, 0.25) is 0 Å². The smallest absolute Gasteiger partial charge is 0.277 e. The number of rotatable bonds is 2. The maximum Gasteiger partial charge on any atom is 0.277 e. The molecule has 5 nitrogen and oxygen atoms in total. The van der Waals surface area contributed by atoms with Crippen molar-refractivity contribution < 1.29 is 9.63 Å². The number of H-pyrrole nitrogens is 1. The predicted octanol–water partition coefficient (Wildman–Crippen LogP) is 1.20. The van der Waals surface area contributed by atoms with Gasteiger partial charge in [0.1, 0.15) is 0 Å². The summed E-state index contributed by atoms with van der Waals surface area (Å²) in [7, 11) is 3.02. The van der Waals surface area contributed by atoms with E-state index < -0.39 is 0 Å². The molecule has 2 rings (SSSR count). The van der Waals surface area contributed by atoms with E-state index in [1.165, 1.54) is 12.2 Å². The van der Waals surface area contributed by atoms with Crippen LogP contribution < -0.4 is 0 Å². The summed E-state index contributed by atoms with van der Waals surface area (Å²) in [4.78, 5) is 23.6. The Bertz CT molecular complexity index is 492. The molecule has 15 heavy (non-hydrogen) atoms. The SMILES string of the molecule is CON(C)C(=O)c1ccc2[nH]cnc2c1. The number of carbonyl (C=O) groups excluding carboxylic acids is 1. The molecule has 5 heteroatoms. The Morgan fingerprint density at radius 2 is 2.33 bits per heavy atom. The summed E-state index contributed by atoms with van der Waals surface area (Å²) in [6, 6.07) is 5.28. The first kappa shape index (κ1) is 9.67. The molecule has 0 saturated carbocycles. The van der Waals surface area contributed by atoms with Crippen LogP contribution in [0.25, 0.3) is 11.0 Å². The second-order valence-electron chi connectivity index (χ2n) is 3.12. The molecule has 2 aromatic rings. The molecule has 0 fully saturated rings. The minimum Gasteiger partial charge on any atom is -0.345 e. The van der Waals surface area contributed by atoms with Crippen molar-refractivity contribution in [3.05, 3.63) is 30.1 Å². The molecule has 0 bridgehead atoms. The van der Waals surface area contributed by atoms with Gasteiger partial charge in [-0.05, 0) is 18.2 Å². The monoisotopic (exact) mass is 205 g/mol. The highest BCUT2D eigenvalue weighted by molar-refractivity contribution is 5.96. The molecule has 0 aliphatic carbocycles. The highest BCUT2D eigenvalue weighted by atomic mass is 16.7. The third kappa shape index (κ3) is 1.69. The van der Waals surface area contributed by atoms with E-state index in [0.717, 1.165) is 11.0 Å². The maximum absolute atomic E-state index is 11.7. The number of aromatic amines is 1. The number of imidazole rings is 1. The summed E-state index contributed by atoms with van der Waals surface area (Å²) < 4.78 is 0. The Kier molecular flexibility index (Phi) is 2.39. The van der Waals surface area contributed by atoms with Gasteiger partial charge in [0.15, 0.2) is 0 Å². The van der Waals surface area contributed by atoms with E-state index in [-0.39, 0.29) is 5.91 Å². The zero-order valence-corrected chi connectivity index (χ0v) is 8.52. The van der Waals surface area contributed by atoms with E-state index in [2.05, 4.69) is 9.97 Å². The summed E-state index contributed by atoms with van der Waals surface area (Å²) >= 11 is 0. The molecular formula is C10H11N3O2. The van der Waals surface area contributed by atoms with Gasteiger partial charge in [-0.15, -0.1) is 0 Å². The number of benzene rings is 1. The van der Waals surface area contributed by atoms with Gasteiger partial charge in [-0.2, -0.15) is 0 Å². The topological polar surface area (TPSA) is 58.2 Å². The molecular weight excluding hydrogens is 194 g/mol. The van der Waals surface area contributed by atoms with Crippen molar-refractivity contribution in [3.8, 4) is 0 Å². The fraction of sp³-hybridized carbons (Fsp3) is 0.200. The number of amides is 1. The Morgan fingerprint density at radius 1 is 1.53 bits per heavy atom. The van der Waals surface area contributed by atoms with Crippen LogP contribution in [-0.4, -0.2) is 35.1 Å². The molecule has 0 atom stereocenters. The van der Waals surface area contributed by atoms with E-state index in [1.54, 1.807) is 25.5 Å². The van der Waals surface area contributed by atoms with Crippen molar-refractivity contribution in [1.29, 1.82) is 0 Å². The number of nitrogens with one attached hydrogen (secondary N) is 1. The average Bonchev–Trinajstić information content (AvgIpc) is 2.73. The molecule has 0 spiro atoms. The number of aromatic nitrogens is 2. The Hall–Kier alpha value is -1.88. The molecule has 78 valence electrons. The first-order valence-corrected chi connectivity index (χ1v) is 4.47. The van der Waals surface area contributed by atoms with Crippen LogP contribution in [0.4, 0.5) is 0 Å². The standard InChI is InChI=1S/C10H11N3O2/c1-13(15-2)10(14)7-3-4-8-9(5-7)12-6-11-8/h3-6H,1-2H3,(H,11,12). The molecule has 1 aromatic heterocycles. The fourth-order valence-electron chi connectivity index (χ4n) is 1.33. The van der Waals surface area contributed by atoms with Crippen LogP contribution >= 0.6 is 0 Å². The number of hydrogen-bond acceptors (Lipinski definition) is 3. The van der Waals surface area contributed by atoms with Crippen LogP contribution in [0.5, 0.6) is 0 Å². The van der Waals surface area contributed by atoms with Crippen LogP contribution in [0.1, 0.15) is 10.4 Å². The van der Waals surface area contributed by atoms with Crippen LogP contribution in [0.15, 0.2) is 24.5 Å². The quantitative estimate of drug-likeness (QED) is 0.749. The zero-order valence-electron chi connectivity index (χ0n) is 8.52. The van der Waals surface area contributed by atoms with E-state index in [1.807, 2.05) is 6.07 Å². The van der Waals surface area contributed by atoms with Crippen molar-refractivity contribution in [2.75, 3.05) is 14.2 Å². The van der Waals surface area contributed by atoms with Gasteiger partial charge in [0.2, 0.25) is 0 Å². The predicted molar refractivity (Wildman–Crippen MR) is 55.2 cm³/mol. The fourth-order valence-corrected chi connectivity index (χ4v) is 1.33. The molecule has 0 unspecified atom stereocenters. The second-order valence-corrected chi connectivity index (χ2v) is 3.12. The molecule has 1 N–H and O–H groups in total. The van der Waals surface area contributed by atoms with Crippen LogP contribution in [-0.2, 0) is 4.84 Å². The third-order valence-electron chi connectivity index (χ3n) is 2.23. The zero-order chi connectivity index (χ0) is 10.8. The highest BCUT2D eigenvalue weighted by Gasteiger charge is 2.11. The normalized spacial score (nSPS) is 10.5. The first-order valence-electron chi connectivity index (χ1n) is 4.47. The van der Waals surface area contributed by atoms with Gasteiger partial charge in [-0.25, -0.2) is 10.0 Å². The Labute approximate surface area is 86.6 Å². The first-order chi connectivity index (χ1) is 7.22. The molecule has 0 aliphatic rings. The van der Waals surface area contributed by atoms with E-state index in [4.69, 9.17) is 4.84 Å². The molecule has 1 heterocycles. The van der Waals surface area contributed by atoms with Gasteiger partial charge < -0.3 is 4.98 Å². The van der Waals surface area contributed by atoms with Crippen LogP contribution in [0.3, 0.4) is 0 Å². The third-order valence-corrected chi connectivity index (χ3v) is 2.23. The Balaban J connectivity index is 2.39. The van der Waals surface area contributed by atoms with Crippen molar-refractivity contribution in [2.24, 2.45) is 0 Å². The maximum atomic E-state index is 11.7. The van der Waals surface area contributed by atoms with Gasteiger partial charge in [0.25, 0.3) is 5.91 Å². The van der Waals surface area contributed by atoms with Crippen molar-refractivity contribution in [2.45, 2.75) is 0 Å². The number of carbonyl (C=O) groups is 1. The Morgan fingerprint density at radius 3 is 3.07 bits per heavy atom. The summed E-state index contributed by atoms with van der Waals surface area (Å²) in [6.07, 6.45) is 1.60. The van der Waals surface area contributed by atoms with Gasteiger partial charge in [-0.3, -0.25) is 9.63 Å². The lowest BCUT2D eigenvalue weighted by atomic mass is 10.2. The summed E-state index contributed by atoms with van der Waals surface area (Å²) in [5.74, 6) is -0.192. The minimum atomic E-state index is -0.192. The average molecular weight is 205 g/mol. The van der Waals surface area contributed by atoms with Gasteiger partial charge in [-0.1, -0.05) is 0 Å². The van der Waals surface area contributed by atoms with E-state index in [0.29, 0.717) is 5.56 Å². The van der Waals surface area contributed by atoms with Crippen LogP contribution in [0, 0.1) is 0 Å². The molecule has 1 aromatic carbocycles. The lowest BCUT2D eigenvalue weighted by Gasteiger charge is -2.13. The van der Waals surface area contributed by atoms with Crippen molar-refractivity contribution >= 4 is 16.9 Å². The number of hydrogen-bond donors (Lipinski definition) is 1.